The molecule has 3 N–H and O–H groups in total. The average Bonchev–Trinajstić information content (AvgIpc) is 2.70. The summed E-state index contributed by atoms with van der Waals surface area (Å²) < 4.78 is 2.29. The smallest absolute Gasteiger partial charge is 0.269 e. The summed E-state index contributed by atoms with van der Waals surface area (Å²) in [5.41, 5.74) is 6.72. The molecular weight excluding hydrogens is 298 g/mol. The van der Waals surface area contributed by atoms with Gasteiger partial charge in [0.1, 0.15) is 5.69 Å². The van der Waals surface area contributed by atoms with Crippen molar-refractivity contribution >= 4 is 27.7 Å². The van der Waals surface area contributed by atoms with E-state index in [1.807, 2.05) is 6.92 Å². The fraction of sp³-hybridized carbons (Fsp3) is 0.182. The molecule has 2 aromatic heterocycles. The molecule has 2 rings (SSSR count). The van der Waals surface area contributed by atoms with Gasteiger partial charge in [0.2, 0.25) is 0 Å². The number of nitrogens with zero attached hydrogens (tertiary/aromatic N) is 3. The second kappa shape index (κ2) is 5.18. The lowest BCUT2D eigenvalue weighted by Crippen LogP contribution is -2.23. The van der Waals surface area contributed by atoms with Gasteiger partial charge in [-0.3, -0.25) is 9.78 Å². The molecule has 2 heterocycles. The molecule has 7 heteroatoms. The summed E-state index contributed by atoms with van der Waals surface area (Å²) in [5.74, 6) is 0.185. The van der Waals surface area contributed by atoms with E-state index in [0.29, 0.717) is 22.5 Å². The van der Waals surface area contributed by atoms with Crippen LogP contribution in [0.2, 0.25) is 0 Å². The SMILES string of the molecule is CCNC(=O)c1cc(-n2cc(Br)c(N)n2)ccn1. The van der Waals surface area contributed by atoms with Crippen LogP contribution in [0.3, 0.4) is 0 Å². The largest absolute Gasteiger partial charge is 0.381 e. The summed E-state index contributed by atoms with van der Waals surface area (Å²) in [6, 6.07) is 3.41. The molecule has 0 bridgehead atoms. The molecule has 0 aromatic carbocycles. The Labute approximate surface area is 112 Å². The van der Waals surface area contributed by atoms with Crippen LogP contribution in [0.15, 0.2) is 29.0 Å². The van der Waals surface area contributed by atoms with Crippen molar-refractivity contribution in [2.24, 2.45) is 0 Å². The molecule has 0 saturated carbocycles. The number of halogens is 1. The molecule has 0 aliphatic rings. The van der Waals surface area contributed by atoms with Crippen molar-refractivity contribution in [2.45, 2.75) is 6.92 Å². The molecule has 0 fully saturated rings. The van der Waals surface area contributed by atoms with E-state index in [0.717, 1.165) is 5.69 Å². The summed E-state index contributed by atoms with van der Waals surface area (Å²) in [5, 5.41) is 6.81. The molecule has 6 nitrogen and oxygen atoms in total. The number of anilines is 1. The van der Waals surface area contributed by atoms with Crippen LogP contribution in [-0.4, -0.2) is 27.2 Å². The monoisotopic (exact) mass is 309 g/mol. The van der Waals surface area contributed by atoms with Gasteiger partial charge in [-0.2, -0.15) is 0 Å². The van der Waals surface area contributed by atoms with Crippen LogP contribution in [0.25, 0.3) is 5.69 Å². The van der Waals surface area contributed by atoms with E-state index >= 15 is 0 Å². The van der Waals surface area contributed by atoms with E-state index in [9.17, 15) is 4.79 Å². The summed E-state index contributed by atoms with van der Waals surface area (Å²) in [7, 11) is 0. The van der Waals surface area contributed by atoms with Crippen molar-refractivity contribution in [1.82, 2.24) is 20.1 Å². The Hall–Kier alpha value is -1.89. The van der Waals surface area contributed by atoms with E-state index in [1.54, 1.807) is 29.2 Å². The topological polar surface area (TPSA) is 85.8 Å². The summed E-state index contributed by atoms with van der Waals surface area (Å²) >= 11 is 3.28. The zero-order valence-electron chi connectivity index (χ0n) is 9.72. The minimum absolute atomic E-state index is 0.210. The molecule has 0 radical (unpaired) electrons. The Morgan fingerprint density at radius 3 is 3.00 bits per heavy atom. The molecule has 94 valence electrons. The van der Waals surface area contributed by atoms with Crippen LogP contribution < -0.4 is 11.1 Å². The molecular formula is C11H12BrN5O. The van der Waals surface area contributed by atoms with Gasteiger partial charge in [-0.25, -0.2) is 4.68 Å². The first-order chi connectivity index (χ1) is 8.61. The fourth-order valence-corrected chi connectivity index (χ4v) is 1.71. The van der Waals surface area contributed by atoms with Gasteiger partial charge in [0.15, 0.2) is 5.82 Å². The Morgan fingerprint density at radius 2 is 2.39 bits per heavy atom. The lowest BCUT2D eigenvalue weighted by molar-refractivity contribution is 0.0951. The van der Waals surface area contributed by atoms with Crippen LogP contribution >= 0.6 is 15.9 Å². The van der Waals surface area contributed by atoms with Crippen LogP contribution in [0, 0.1) is 0 Å². The number of amides is 1. The van der Waals surface area contributed by atoms with Gasteiger partial charge in [0, 0.05) is 18.9 Å². The second-order valence-electron chi connectivity index (χ2n) is 3.57. The molecule has 0 saturated heterocycles. The van der Waals surface area contributed by atoms with E-state index < -0.39 is 0 Å². The molecule has 0 spiro atoms. The first-order valence-electron chi connectivity index (χ1n) is 5.37. The third-order valence-electron chi connectivity index (χ3n) is 2.27. The minimum atomic E-state index is -0.210. The number of carbonyl (C=O) groups excluding carboxylic acids is 1. The van der Waals surface area contributed by atoms with Crippen LogP contribution in [-0.2, 0) is 0 Å². The van der Waals surface area contributed by atoms with Crippen molar-refractivity contribution in [1.29, 1.82) is 0 Å². The number of hydrogen-bond donors (Lipinski definition) is 2. The Kier molecular flexibility index (Phi) is 3.61. The molecule has 1 amide bonds. The molecule has 0 unspecified atom stereocenters. The number of carbonyl (C=O) groups is 1. The molecule has 18 heavy (non-hydrogen) atoms. The van der Waals surface area contributed by atoms with Crippen molar-refractivity contribution in [3.05, 3.63) is 34.7 Å². The van der Waals surface area contributed by atoms with Gasteiger partial charge in [-0.15, -0.1) is 5.10 Å². The second-order valence-corrected chi connectivity index (χ2v) is 4.42. The highest BCUT2D eigenvalue weighted by atomic mass is 79.9. The predicted octanol–water partition coefficient (Wildman–Crippen LogP) is 1.36. The Balaban J connectivity index is 2.35. The number of nitrogens with one attached hydrogen (secondary N) is 1. The quantitative estimate of drug-likeness (QED) is 0.896. The maximum Gasteiger partial charge on any atom is 0.269 e. The van der Waals surface area contributed by atoms with Gasteiger partial charge in [-0.05, 0) is 35.0 Å². The third kappa shape index (κ3) is 2.51. The molecule has 0 aliphatic carbocycles. The highest BCUT2D eigenvalue weighted by molar-refractivity contribution is 9.10. The number of nitrogens with two attached hydrogens (primary N) is 1. The Morgan fingerprint density at radius 1 is 1.61 bits per heavy atom. The molecule has 0 aliphatic heterocycles. The van der Waals surface area contributed by atoms with Crippen LogP contribution in [0.4, 0.5) is 5.82 Å². The first kappa shape index (κ1) is 12.6. The molecule has 0 atom stereocenters. The molecule has 2 aromatic rings. The highest BCUT2D eigenvalue weighted by Gasteiger charge is 2.09. The summed E-state index contributed by atoms with van der Waals surface area (Å²) in [6.07, 6.45) is 3.29. The van der Waals surface area contributed by atoms with Gasteiger partial charge in [0.05, 0.1) is 10.2 Å². The van der Waals surface area contributed by atoms with Gasteiger partial charge in [-0.1, -0.05) is 0 Å². The fourth-order valence-electron chi connectivity index (χ4n) is 1.44. The van der Waals surface area contributed by atoms with E-state index in [1.165, 1.54) is 0 Å². The van der Waals surface area contributed by atoms with Crippen molar-refractivity contribution < 1.29 is 4.79 Å². The standard InChI is InChI=1S/C11H12BrN5O/c1-2-14-11(18)9-5-7(3-4-15-9)17-6-8(12)10(13)16-17/h3-6H,2H2,1H3,(H2,13,16)(H,14,18). The number of rotatable bonds is 3. The number of nitrogen functional groups attached to an aromatic ring is 1. The normalized spacial score (nSPS) is 10.3. The summed E-state index contributed by atoms with van der Waals surface area (Å²) in [6.45, 7) is 2.41. The van der Waals surface area contributed by atoms with Crippen molar-refractivity contribution in [3.8, 4) is 5.69 Å². The maximum atomic E-state index is 11.7. The van der Waals surface area contributed by atoms with E-state index in [-0.39, 0.29) is 5.91 Å². The zero-order chi connectivity index (χ0) is 13.1. The van der Waals surface area contributed by atoms with E-state index in [2.05, 4.69) is 31.3 Å². The van der Waals surface area contributed by atoms with Crippen LogP contribution in [0.1, 0.15) is 17.4 Å². The van der Waals surface area contributed by atoms with Gasteiger partial charge in [0.25, 0.3) is 5.91 Å². The number of pyridine rings is 1. The van der Waals surface area contributed by atoms with Gasteiger partial charge < -0.3 is 11.1 Å². The lowest BCUT2D eigenvalue weighted by Gasteiger charge is -2.04. The first-order valence-corrected chi connectivity index (χ1v) is 6.16. The lowest BCUT2D eigenvalue weighted by atomic mass is 10.3. The number of aromatic nitrogens is 3. The van der Waals surface area contributed by atoms with Crippen molar-refractivity contribution in [2.75, 3.05) is 12.3 Å². The zero-order valence-corrected chi connectivity index (χ0v) is 11.3. The summed E-state index contributed by atoms with van der Waals surface area (Å²) in [4.78, 5) is 15.7. The Bertz CT molecular complexity index is 561. The average molecular weight is 310 g/mol. The number of hydrogen-bond acceptors (Lipinski definition) is 4. The van der Waals surface area contributed by atoms with Gasteiger partial charge >= 0.3 is 0 Å². The maximum absolute atomic E-state index is 11.7. The van der Waals surface area contributed by atoms with Crippen molar-refractivity contribution in [3.63, 3.8) is 0 Å². The third-order valence-corrected chi connectivity index (χ3v) is 2.88. The minimum Gasteiger partial charge on any atom is -0.381 e. The highest BCUT2D eigenvalue weighted by Crippen LogP contribution is 2.19. The predicted molar refractivity (Wildman–Crippen MR) is 71.5 cm³/mol. The van der Waals surface area contributed by atoms with E-state index in [4.69, 9.17) is 5.73 Å². The van der Waals surface area contributed by atoms with Crippen LogP contribution in [0.5, 0.6) is 0 Å².